The summed E-state index contributed by atoms with van der Waals surface area (Å²) < 4.78 is 16.2. The molecule has 4 rings (SSSR count). The number of rotatable bonds is 7. The predicted molar refractivity (Wildman–Crippen MR) is 131 cm³/mol. The lowest BCUT2D eigenvalue weighted by Crippen LogP contribution is -2.14. The largest absolute Gasteiger partial charge is 0.508 e. The Morgan fingerprint density at radius 1 is 0.730 bits per heavy atom. The number of phenolic OH excluding ortho intramolecular Hbond substituents is 1. The van der Waals surface area contributed by atoms with E-state index < -0.39 is 17.9 Å². The third-order valence-electron chi connectivity index (χ3n) is 5.15. The molecule has 37 heavy (non-hydrogen) atoms. The van der Waals surface area contributed by atoms with Crippen molar-refractivity contribution in [2.75, 3.05) is 0 Å². The number of hydrogen-bond donors (Lipinski definition) is 1. The van der Waals surface area contributed by atoms with Gasteiger partial charge < -0.3 is 19.3 Å². The molecule has 0 aliphatic rings. The highest BCUT2D eigenvalue weighted by Crippen LogP contribution is 2.27. The minimum atomic E-state index is -0.797. The minimum absolute atomic E-state index is 0.00608. The fourth-order valence-electron chi connectivity index (χ4n) is 3.23. The van der Waals surface area contributed by atoms with E-state index >= 15 is 0 Å². The first kappa shape index (κ1) is 24.7. The summed E-state index contributed by atoms with van der Waals surface area (Å²) in [6.45, 7) is -0.0276. The number of benzene rings is 4. The first-order valence-corrected chi connectivity index (χ1v) is 11.0. The molecule has 0 aromatic heterocycles. The Balaban J connectivity index is 1.58. The van der Waals surface area contributed by atoms with Gasteiger partial charge in [0.15, 0.2) is 0 Å². The first-order valence-electron chi connectivity index (χ1n) is 11.0. The van der Waals surface area contributed by atoms with Crippen LogP contribution in [0.1, 0.15) is 42.2 Å². The summed E-state index contributed by atoms with van der Waals surface area (Å²) in [6, 6.07) is 26.2. The Hall–Kier alpha value is -5.42. The van der Waals surface area contributed by atoms with Gasteiger partial charge in [0.2, 0.25) is 0 Å². The van der Waals surface area contributed by atoms with Crippen LogP contribution in [0.3, 0.4) is 0 Å². The highest BCUT2D eigenvalue weighted by molar-refractivity contribution is 5.97. The van der Waals surface area contributed by atoms with Gasteiger partial charge in [0.1, 0.15) is 29.4 Å². The van der Waals surface area contributed by atoms with Gasteiger partial charge in [-0.3, -0.25) is 0 Å². The van der Waals surface area contributed by atoms with Gasteiger partial charge in [0.05, 0.1) is 22.8 Å². The van der Waals surface area contributed by atoms with Gasteiger partial charge in [-0.15, -0.1) is 0 Å². The van der Waals surface area contributed by atoms with Gasteiger partial charge >= 0.3 is 17.9 Å². The van der Waals surface area contributed by atoms with Crippen LogP contribution in [0.25, 0.3) is 0 Å². The maximum atomic E-state index is 13.0. The minimum Gasteiger partial charge on any atom is -0.508 e. The Labute approximate surface area is 211 Å². The maximum absolute atomic E-state index is 13.0. The first-order chi connectivity index (χ1) is 17.9. The Morgan fingerprint density at radius 3 is 2.00 bits per heavy atom. The van der Waals surface area contributed by atoms with Crippen LogP contribution < -0.4 is 9.47 Å². The van der Waals surface area contributed by atoms with E-state index in [1.807, 2.05) is 12.1 Å². The summed E-state index contributed by atoms with van der Waals surface area (Å²) in [5.41, 5.74) is 1.35. The van der Waals surface area contributed by atoms with Crippen molar-refractivity contribution in [1.82, 2.24) is 0 Å². The third-order valence-corrected chi connectivity index (χ3v) is 5.15. The molecule has 0 bridgehead atoms. The molecule has 0 aliphatic heterocycles. The second-order valence-corrected chi connectivity index (χ2v) is 7.73. The smallest absolute Gasteiger partial charge is 0.343 e. The summed E-state index contributed by atoms with van der Waals surface area (Å²) in [7, 11) is 0. The molecule has 4 aromatic rings. The van der Waals surface area contributed by atoms with Gasteiger partial charge in [0.25, 0.3) is 0 Å². The van der Waals surface area contributed by atoms with Crippen LogP contribution in [-0.4, -0.2) is 23.0 Å². The van der Waals surface area contributed by atoms with Crippen LogP contribution in [-0.2, 0) is 11.3 Å². The number of hydrogen-bond acceptors (Lipinski definition) is 8. The molecular weight excluding hydrogens is 474 g/mol. The Kier molecular flexibility index (Phi) is 7.57. The molecule has 0 heterocycles. The normalized spacial score (nSPS) is 10.1. The molecular formula is C29H19NO7. The molecule has 0 saturated heterocycles. The van der Waals surface area contributed by atoms with E-state index in [1.54, 1.807) is 24.3 Å². The van der Waals surface area contributed by atoms with Crippen molar-refractivity contribution in [3.05, 3.63) is 125 Å². The average Bonchev–Trinajstić information content (AvgIpc) is 2.93. The van der Waals surface area contributed by atoms with Gasteiger partial charge in [0, 0.05) is 0 Å². The highest BCUT2D eigenvalue weighted by atomic mass is 16.6. The van der Waals surface area contributed by atoms with Crippen LogP contribution in [0.4, 0.5) is 0 Å². The number of aromatic hydroxyl groups is 1. The molecule has 0 atom stereocenters. The number of carbonyl (C=O) groups excluding carboxylic acids is 3. The Morgan fingerprint density at radius 2 is 1.35 bits per heavy atom. The Bertz CT molecular complexity index is 1470. The highest BCUT2D eigenvalue weighted by Gasteiger charge is 2.20. The molecule has 1 N–H and O–H groups in total. The lowest BCUT2D eigenvalue weighted by Gasteiger charge is -2.12. The van der Waals surface area contributed by atoms with E-state index in [2.05, 4.69) is 0 Å². The molecule has 8 nitrogen and oxygen atoms in total. The third kappa shape index (κ3) is 6.38. The molecule has 0 amide bonds. The number of esters is 3. The number of phenols is 1. The van der Waals surface area contributed by atoms with E-state index in [-0.39, 0.29) is 40.5 Å². The second kappa shape index (κ2) is 11.3. The molecule has 0 fully saturated rings. The summed E-state index contributed by atoms with van der Waals surface area (Å²) in [6.07, 6.45) is 0. The van der Waals surface area contributed by atoms with Crippen LogP contribution in [0.5, 0.6) is 17.2 Å². The summed E-state index contributed by atoms with van der Waals surface area (Å²) in [5, 5.41) is 18.4. The molecule has 182 valence electrons. The lowest BCUT2D eigenvalue weighted by atomic mass is 10.1. The standard InChI is InChI=1S/C29H19NO7/c30-17-19-6-8-21(9-7-19)28(33)37-26-15-14-24(36-27(32)22-10-12-23(31)13-11-22)16-25(26)29(34)35-18-20-4-2-1-3-5-20/h1-16,31H,18H2. The van der Waals surface area contributed by atoms with Crippen molar-refractivity contribution < 1.29 is 33.7 Å². The lowest BCUT2D eigenvalue weighted by molar-refractivity contribution is 0.0465. The van der Waals surface area contributed by atoms with Gasteiger partial charge in [-0.1, -0.05) is 30.3 Å². The number of carbonyl (C=O) groups is 3. The maximum Gasteiger partial charge on any atom is 0.343 e. The van der Waals surface area contributed by atoms with Gasteiger partial charge in [-0.2, -0.15) is 5.26 Å². The van der Waals surface area contributed by atoms with E-state index in [0.717, 1.165) is 5.56 Å². The van der Waals surface area contributed by atoms with Crippen LogP contribution in [0, 0.1) is 11.3 Å². The van der Waals surface area contributed by atoms with Crippen molar-refractivity contribution in [1.29, 1.82) is 5.26 Å². The van der Waals surface area contributed by atoms with Crippen molar-refractivity contribution in [2.45, 2.75) is 6.61 Å². The summed E-state index contributed by atoms with van der Waals surface area (Å²) in [4.78, 5) is 38.1. The predicted octanol–water partition coefficient (Wildman–Crippen LogP) is 5.06. The van der Waals surface area contributed by atoms with Crippen LogP contribution in [0.15, 0.2) is 97.1 Å². The van der Waals surface area contributed by atoms with E-state index in [1.165, 1.54) is 66.7 Å². The molecule has 0 unspecified atom stereocenters. The zero-order valence-electron chi connectivity index (χ0n) is 19.3. The topological polar surface area (TPSA) is 123 Å². The van der Waals surface area contributed by atoms with E-state index in [4.69, 9.17) is 19.5 Å². The van der Waals surface area contributed by atoms with Gasteiger partial charge in [-0.25, -0.2) is 14.4 Å². The monoisotopic (exact) mass is 493 g/mol. The van der Waals surface area contributed by atoms with Crippen molar-refractivity contribution >= 4 is 17.9 Å². The second-order valence-electron chi connectivity index (χ2n) is 7.73. The molecule has 0 aliphatic carbocycles. The fraction of sp³-hybridized carbons (Fsp3) is 0.0345. The number of nitriles is 1. The van der Waals surface area contributed by atoms with E-state index in [9.17, 15) is 19.5 Å². The van der Waals surface area contributed by atoms with E-state index in [0.29, 0.717) is 5.56 Å². The molecule has 0 radical (unpaired) electrons. The van der Waals surface area contributed by atoms with Gasteiger partial charge in [-0.05, 0) is 72.3 Å². The molecule has 4 aromatic carbocycles. The average molecular weight is 493 g/mol. The van der Waals surface area contributed by atoms with Crippen LogP contribution in [0.2, 0.25) is 0 Å². The van der Waals surface area contributed by atoms with Crippen LogP contribution >= 0.6 is 0 Å². The molecule has 0 saturated carbocycles. The quantitative estimate of drug-likeness (QED) is 0.280. The SMILES string of the molecule is N#Cc1ccc(C(=O)Oc2ccc(OC(=O)c3ccc(O)cc3)cc2C(=O)OCc2ccccc2)cc1. The number of ether oxygens (including phenoxy) is 3. The van der Waals surface area contributed by atoms with Crippen molar-refractivity contribution in [2.24, 2.45) is 0 Å². The zero-order valence-corrected chi connectivity index (χ0v) is 19.3. The van der Waals surface area contributed by atoms with Crippen molar-refractivity contribution in [3.8, 4) is 23.3 Å². The molecule has 8 heteroatoms. The molecule has 0 spiro atoms. The zero-order chi connectivity index (χ0) is 26.2. The number of nitrogens with zero attached hydrogens (tertiary/aromatic N) is 1. The summed E-state index contributed by atoms with van der Waals surface area (Å²) in [5.74, 6) is -2.36. The summed E-state index contributed by atoms with van der Waals surface area (Å²) >= 11 is 0. The fourth-order valence-corrected chi connectivity index (χ4v) is 3.23. The van der Waals surface area contributed by atoms with Crippen molar-refractivity contribution in [3.63, 3.8) is 0 Å².